The molecule has 3 rings (SSSR count). The Kier molecular flexibility index (Phi) is 6.44. The maximum absolute atomic E-state index is 13.5. The van der Waals surface area contributed by atoms with Gasteiger partial charge in [-0.1, -0.05) is 30.3 Å². The fraction of sp³-hybridized carbons (Fsp3) is 0.286. The first-order chi connectivity index (χ1) is 14.1. The maximum Gasteiger partial charge on any atom is 0.308 e. The van der Waals surface area contributed by atoms with Crippen molar-refractivity contribution in [2.45, 2.75) is 38.3 Å². The van der Waals surface area contributed by atoms with Crippen LogP contribution in [0, 0.1) is 0 Å². The summed E-state index contributed by atoms with van der Waals surface area (Å²) in [5.74, 6) is -0.0000626. The normalized spacial score (nSPS) is 12.6. The number of rotatable bonds is 8. The van der Waals surface area contributed by atoms with E-state index >= 15 is 0 Å². The third-order valence-electron chi connectivity index (χ3n) is 4.57. The molecule has 0 unspecified atom stereocenters. The van der Waals surface area contributed by atoms with E-state index in [1.165, 1.54) is 17.3 Å². The largest absolute Gasteiger partial charge is 0.382 e. The Morgan fingerprint density at radius 2 is 1.70 bits per heavy atom. The lowest BCUT2D eigenvalue weighted by Gasteiger charge is -2.26. The van der Waals surface area contributed by atoms with Crippen LogP contribution in [0.4, 0.5) is 0 Å². The molecule has 1 heterocycles. The smallest absolute Gasteiger partial charge is 0.308 e. The van der Waals surface area contributed by atoms with E-state index in [1.54, 1.807) is 56.4 Å². The number of hydrogen-bond donors (Lipinski definition) is 0. The van der Waals surface area contributed by atoms with Crippen LogP contribution in [-0.2, 0) is 26.7 Å². The molecule has 0 bridgehead atoms. The molecule has 0 N–H and O–H groups in total. The molecule has 0 radical (unpaired) electrons. The molecule has 0 amide bonds. The minimum Gasteiger partial charge on any atom is -0.382 e. The molecule has 2 aromatic carbocycles. The molecule has 7 nitrogen and oxygen atoms in total. The highest BCUT2D eigenvalue weighted by Gasteiger charge is 2.29. The topological polar surface area (TPSA) is 93.6 Å². The van der Waals surface area contributed by atoms with Gasteiger partial charge in [-0.25, -0.2) is 8.42 Å². The summed E-state index contributed by atoms with van der Waals surface area (Å²) < 4.78 is 56.9. The zero-order valence-corrected chi connectivity index (χ0v) is 18.7. The molecule has 0 aliphatic heterocycles. The van der Waals surface area contributed by atoms with Gasteiger partial charge in [0.05, 0.1) is 11.3 Å². The van der Waals surface area contributed by atoms with Crippen molar-refractivity contribution in [1.82, 2.24) is 9.29 Å². The van der Waals surface area contributed by atoms with Crippen molar-refractivity contribution in [3.8, 4) is 5.75 Å². The summed E-state index contributed by atoms with van der Waals surface area (Å²) in [6.45, 7) is 5.13. The van der Waals surface area contributed by atoms with Crippen LogP contribution < -0.4 is 4.18 Å². The number of benzene rings is 2. The fourth-order valence-corrected chi connectivity index (χ4v) is 5.34. The number of aromatic nitrogens is 1. The Balaban J connectivity index is 1.99. The highest BCUT2D eigenvalue weighted by molar-refractivity contribution is 7.89. The lowest BCUT2D eigenvalue weighted by Crippen LogP contribution is -2.36. The van der Waals surface area contributed by atoms with E-state index in [2.05, 4.69) is 4.98 Å². The van der Waals surface area contributed by atoms with Gasteiger partial charge in [0.1, 0.15) is 10.6 Å². The average molecular weight is 449 g/mol. The van der Waals surface area contributed by atoms with Crippen LogP contribution in [0.25, 0.3) is 10.9 Å². The van der Waals surface area contributed by atoms with Gasteiger partial charge in [-0.15, -0.1) is 0 Å². The Morgan fingerprint density at radius 1 is 1.00 bits per heavy atom. The SMILES string of the molecule is CCS(=O)(=O)Oc1cccc(CN(C(C)C)S(=O)(=O)c2cccc3cccnc23)c1. The molecular weight excluding hydrogens is 424 g/mol. The quantitative estimate of drug-likeness (QED) is 0.489. The molecular formula is C21H24N2O5S2. The second-order valence-corrected chi connectivity index (χ2v) is 10.8. The second-order valence-electron chi connectivity index (χ2n) is 7.05. The number of hydrogen-bond acceptors (Lipinski definition) is 6. The van der Waals surface area contributed by atoms with Crippen molar-refractivity contribution in [3.63, 3.8) is 0 Å². The van der Waals surface area contributed by atoms with E-state index < -0.39 is 20.1 Å². The van der Waals surface area contributed by atoms with Gasteiger partial charge in [0.2, 0.25) is 10.0 Å². The van der Waals surface area contributed by atoms with E-state index in [1.807, 2.05) is 12.1 Å². The monoisotopic (exact) mass is 448 g/mol. The molecule has 9 heteroatoms. The van der Waals surface area contributed by atoms with Crippen LogP contribution in [-0.4, -0.2) is 37.9 Å². The first kappa shape index (κ1) is 22.2. The number of fused-ring (bicyclic) bond motifs is 1. The van der Waals surface area contributed by atoms with E-state index in [0.717, 1.165) is 5.39 Å². The molecule has 0 saturated carbocycles. The third-order valence-corrected chi connectivity index (χ3v) is 7.78. The maximum atomic E-state index is 13.5. The zero-order chi connectivity index (χ0) is 21.9. The Bertz CT molecular complexity index is 1250. The second kappa shape index (κ2) is 8.71. The fourth-order valence-electron chi connectivity index (χ4n) is 3.04. The van der Waals surface area contributed by atoms with Crippen LogP contribution in [0.1, 0.15) is 26.3 Å². The standard InChI is InChI=1S/C21H24N2O5S2/c1-4-29(24,25)28-19-11-5-8-17(14-19)15-23(16(2)3)30(26,27)20-12-6-9-18-10-7-13-22-21(18)20/h5-14,16H,4,15H2,1-3H3. The van der Waals surface area contributed by atoms with Crippen LogP contribution in [0.2, 0.25) is 0 Å². The molecule has 0 atom stereocenters. The van der Waals surface area contributed by atoms with Crippen molar-refractivity contribution in [3.05, 3.63) is 66.4 Å². The molecule has 0 aliphatic carbocycles. The van der Waals surface area contributed by atoms with Gasteiger partial charge in [-0.05, 0) is 50.6 Å². The summed E-state index contributed by atoms with van der Waals surface area (Å²) in [5, 5.41) is 0.738. The highest BCUT2D eigenvalue weighted by Crippen LogP contribution is 2.27. The number of nitrogens with zero attached hydrogens (tertiary/aromatic N) is 2. The Hall–Kier alpha value is -2.49. The van der Waals surface area contributed by atoms with E-state index in [4.69, 9.17) is 4.18 Å². The molecule has 0 aliphatic rings. The van der Waals surface area contributed by atoms with Crippen molar-refractivity contribution in [2.75, 3.05) is 5.75 Å². The summed E-state index contributed by atoms with van der Waals surface area (Å²) in [4.78, 5) is 4.40. The van der Waals surface area contributed by atoms with Crippen molar-refractivity contribution in [2.24, 2.45) is 0 Å². The number of para-hydroxylation sites is 1. The average Bonchev–Trinajstić information content (AvgIpc) is 2.71. The minimum atomic E-state index is -3.87. The van der Waals surface area contributed by atoms with Gasteiger partial charge in [-0.2, -0.15) is 12.7 Å². The number of pyridine rings is 1. The molecule has 3 aromatic rings. The summed E-state index contributed by atoms with van der Waals surface area (Å²) >= 11 is 0. The summed E-state index contributed by atoms with van der Waals surface area (Å²) in [5.41, 5.74) is 1.03. The predicted molar refractivity (Wildman–Crippen MR) is 116 cm³/mol. The van der Waals surface area contributed by atoms with Gasteiger partial charge in [0.15, 0.2) is 0 Å². The van der Waals surface area contributed by atoms with E-state index in [0.29, 0.717) is 11.1 Å². The molecule has 30 heavy (non-hydrogen) atoms. The lowest BCUT2D eigenvalue weighted by atomic mass is 10.2. The Labute approximate surface area is 177 Å². The van der Waals surface area contributed by atoms with Crippen LogP contribution in [0.15, 0.2) is 65.7 Å². The molecule has 1 aromatic heterocycles. The van der Waals surface area contributed by atoms with Gasteiger partial charge in [0, 0.05) is 24.2 Å². The summed E-state index contributed by atoms with van der Waals surface area (Å²) in [7, 11) is -7.54. The van der Waals surface area contributed by atoms with Crippen molar-refractivity contribution in [1.29, 1.82) is 0 Å². The molecule has 0 fully saturated rings. The van der Waals surface area contributed by atoms with Gasteiger partial charge in [0.25, 0.3) is 0 Å². The van der Waals surface area contributed by atoms with Crippen LogP contribution in [0.3, 0.4) is 0 Å². The third kappa shape index (κ3) is 4.80. The first-order valence-corrected chi connectivity index (χ1v) is 12.5. The lowest BCUT2D eigenvalue weighted by molar-refractivity contribution is 0.348. The first-order valence-electron chi connectivity index (χ1n) is 9.51. The summed E-state index contributed by atoms with van der Waals surface area (Å²) in [6.07, 6.45) is 1.57. The van der Waals surface area contributed by atoms with Crippen molar-refractivity contribution >= 4 is 31.0 Å². The van der Waals surface area contributed by atoms with Crippen LogP contribution in [0.5, 0.6) is 5.75 Å². The minimum absolute atomic E-state index is 0.0621. The summed E-state index contributed by atoms with van der Waals surface area (Å²) in [6, 6.07) is 14.7. The zero-order valence-electron chi connectivity index (χ0n) is 17.0. The molecule has 0 saturated heterocycles. The Morgan fingerprint density at radius 3 is 2.40 bits per heavy atom. The van der Waals surface area contributed by atoms with Crippen LogP contribution >= 0.6 is 0 Å². The van der Waals surface area contributed by atoms with E-state index in [-0.39, 0.29) is 29.0 Å². The number of sulfonamides is 1. The predicted octanol–water partition coefficient (Wildman–Crippen LogP) is 3.56. The molecule has 160 valence electrons. The van der Waals surface area contributed by atoms with Crippen molar-refractivity contribution < 1.29 is 21.0 Å². The van der Waals surface area contributed by atoms with Gasteiger partial charge in [-0.3, -0.25) is 4.98 Å². The van der Waals surface area contributed by atoms with Gasteiger partial charge >= 0.3 is 10.1 Å². The van der Waals surface area contributed by atoms with Gasteiger partial charge < -0.3 is 4.18 Å². The molecule has 0 spiro atoms. The highest BCUT2D eigenvalue weighted by atomic mass is 32.2. The van der Waals surface area contributed by atoms with E-state index in [9.17, 15) is 16.8 Å².